The van der Waals surface area contributed by atoms with Gasteiger partial charge in [-0.3, -0.25) is 0 Å². The summed E-state index contributed by atoms with van der Waals surface area (Å²) in [5.74, 6) is 0. The van der Waals surface area contributed by atoms with E-state index in [9.17, 15) is 0 Å². The number of hydrogen-bond acceptors (Lipinski definition) is 4. The minimum absolute atomic E-state index is 0.0372. The van der Waals surface area contributed by atoms with Crippen LogP contribution >= 0.6 is 11.3 Å². The third-order valence-electron chi connectivity index (χ3n) is 2.68. The molecule has 0 saturated heterocycles. The lowest BCUT2D eigenvalue weighted by atomic mass is 10.1. The average Bonchev–Trinajstić information content (AvgIpc) is 2.72. The molecule has 4 heteroatoms. The number of rotatable bonds is 7. The van der Waals surface area contributed by atoms with Crippen LogP contribution in [0.15, 0.2) is 6.20 Å². The second-order valence-electron chi connectivity index (χ2n) is 4.46. The molecule has 0 fully saturated rings. The van der Waals surface area contributed by atoms with Crippen molar-refractivity contribution in [3.05, 3.63) is 16.1 Å². The lowest BCUT2D eigenvalue weighted by Gasteiger charge is -2.22. The van der Waals surface area contributed by atoms with Gasteiger partial charge in [0.05, 0.1) is 5.60 Å². The predicted octanol–water partition coefficient (Wildman–Crippen LogP) is 2.61. The van der Waals surface area contributed by atoms with Crippen LogP contribution in [0.25, 0.3) is 0 Å². The lowest BCUT2D eigenvalue weighted by Crippen LogP contribution is -2.28. The number of ether oxygens (including phenoxy) is 1. The Balaban J connectivity index is 2.20. The largest absolute Gasteiger partial charge is 0.379 e. The molecule has 0 amide bonds. The van der Waals surface area contributed by atoms with E-state index in [0.717, 1.165) is 25.9 Å². The van der Waals surface area contributed by atoms with Gasteiger partial charge in [-0.2, -0.15) is 0 Å². The maximum Gasteiger partial charge on any atom is 0.107 e. The monoisotopic (exact) mass is 242 g/mol. The summed E-state index contributed by atoms with van der Waals surface area (Å²) < 4.78 is 5.36. The van der Waals surface area contributed by atoms with Crippen molar-refractivity contribution < 1.29 is 4.74 Å². The summed E-state index contributed by atoms with van der Waals surface area (Å²) in [4.78, 5) is 5.72. The molecule has 1 rings (SSSR count). The zero-order chi connectivity index (χ0) is 12.0. The van der Waals surface area contributed by atoms with Crippen molar-refractivity contribution in [3.8, 4) is 0 Å². The number of thiazole rings is 1. The fourth-order valence-corrected chi connectivity index (χ4v) is 2.11. The Morgan fingerprint density at radius 1 is 1.50 bits per heavy atom. The van der Waals surface area contributed by atoms with Crippen LogP contribution in [0, 0.1) is 0 Å². The summed E-state index contributed by atoms with van der Waals surface area (Å²) >= 11 is 1.79. The van der Waals surface area contributed by atoms with Gasteiger partial charge in [0.15, 0.2) is 0 Å². The SMILES string of the molecule is CCc1cnc(CNCCC(C)(C)OC)s1. The quantitative estimate of drug-likeness (QED) is 0.746. The van der Waals surface area contributed by atoms with Crippen molar-refractivity contribution in [2.24, 2.45) is 0 Å². The molecule has 1 heterocycles. The van der Waals surface area contributed by atoms with Crippen molar-refractivity contribution in [2.45, 2.75) is 45.8 Å². The van der Waals surface area contributed by atoms with Gasteiger partial charge in [-0.1, -0.05) is 6.92 Å². The fourth-order valence-electron chi connectivity index (χ4n) is 1.28. The second-order valence-corrected chi connectivity index (χ2v) is 5.66. The van der Waals surface area contributed by atoms with Crippen LogP contribution in [0.3, 0.4) is 0 Å². The molecule has 1 N–H and O–H groups in total. The van der Waals surface area contributed by atoms with Crippen molar-refractivity contribution in [2.75, 3.05) is 13.7 Å². The summed E-state index contributed by atoms with van der Waals surface area (Å²) in [5.41, 5.74) is -0.0372. The standard InChI is InChI=1S/C12H22N2OS/c1-5-10-8-14-11(16-10)9-13-7-6-12(2,3)15-4/h8,13H,5-7,9H2,1-4H3. The van der Waals surface area contributed by atoms with E-state index < -0.39 is 0 Å². The lowest BCUT2D eigenvalue weighted by molar-refractivity contribution is 0.0158. The fraction of sp³-hybridized carbons (Fsp3) is 0.750. The van der Waals surface area contributed by atoms with E-state index in [2.05, 4.69) is 31.1 Å². The maximum atomic E-state index is 5.36. The van der Waals surface area contributed by atoms with Crippen LogP contribution < -0.4 is 5.32 Å². The van der Waals surface area contributed by atoms with Gasteiger partial charge in [0.2, 0.25) is 0 Å². The summed E-state index contributed by atoms with van der Waals surface area (Å²) in [5, 5.41) is 4.57. The Kier molecular flexibility index (Phi) is 5.38. The van der Waals surface area contributed by atoms with Gasteiger partial charge in [-0.05, 0) is 33.2 Å². The smallest absolute Gasteiger partial charge is 0.107 e. The predicted molar refractivity (Wildman–Crippen MR) is 68.9 cm³/mol. The molecule has 0 bridgehead atoms. The molecule has 3 nitrogen and oxygen atoms in total. The molecule has 0 aliphatic heterocycles. The zero-order valence-electron chi connectivity index (χ0n) is 10.7. The van der Waals surface area contributed by atoms with Crippen LogP contribution in [0.5, 0.6) is 0 Å². The minimum atomic E-state index is -0.0372. The first-order valence-electron chi connectivity index (χ1n) is 5.77. The molecule has 16 heavy (non-hydrogen) atoms. The number of aromatic nitrogens is 1. The van der Waals surface area contributed by atoms with E-state index in [-0.39, 0.29) is 5.60 Å². The Bertz CT molecular complexity index is 310. The Morgan fingerprint density at radius 2 is 2.25 bits per heavy atom. The van der Waals surface area contributed by atoms with Crippen LogP contribution in [0.2, 0.25) is 0 Å². The number of nitrogens with zero attached hydrogens (tertiary/aromatic N) is 1. The second kappa shape index (κ2) is 6.33. The molecule has 0 spiro atoms. The molecular formula is C12H22N2OS. The summed E-state index contributed by atoms with van der Waals surface area (Å²) in [6.45, 7) is 8.19. The normalized spacial score (nSPS) is 12.0. The van der Waals surface area contributed by atoms with Gasteiger partial charge in [-0.15, -0.1) is 11.3 Å². The number of nitrogens with one attached hydrogen (secondary N) is 1. The minimum Gasteiger partial charge on any atom is -0.379 e. The van der Waals surface area contributed by atoms with E-state index in [1.807, 2.05) is 6.20 Å². The molecule has 0 radical (unpaired) electrons. The van der Waals surface area contributed by atoms with Crippen molar-refractivity contribution in [3.63, 3.8) is 0 Å². The van der Waals surface area contributed by atoms with Gasteiger partial charge in [-0.25, -0.2) is 4.98 Å². The highest BCUT2D eigenvalue weighted by Crippen LogP contribution is 2.14. The van der Waals surface area contributed by atoms with Gasteiger partial charge in [0, 0.05) is 24.7 Å². The number of aryl methyl sites for hydroxylation is 1. The molecule has 1 aromatic heterocycles. The van der Waals surface area contributed by atoms with E-state index in [0.29, 0.717) is 0 Å². The molecule has 0 saturated carbocycles. The van der Waals surface area contributed by atoms with E-state index in [1.165, 1.54) is 9.88 Å². The Labute approximate surface area is 102 Å². The topological polar surface area (TPSA) is 34.2 Å². The zero-order valence-corrected chi connectivity index (χ0v) is 11.5. The first-order chi connectivity index (χ1) is 7.57. The van der Waals surface area contributed by atoms with Crippen molar-refractivity contribution >= 4 is 11.3 Å². The summed E-state index contributed by atoms with van der Waals surface area (Å²) in [6.07, 6.45) is 4.06. The molecule has 0 aliphatic rings. The van der Waals surface area contributed by atoms with Crippen LogP contribution in [0.4, 0.5) is 0 Å². The first kappa shape index (κ1) is 13.6. The molecule has 92 valence electrons. The Hall–Kier alpha value is -0.450. The highest BCUT2D eigenvalue weighted by atomic mass is 32.1. The van der Waals surface area contributed by atoms with Crippen LogP contribution in [0.1, 0.15) is 37.1 Å². The van der Waals surface area contributed by atoms with Gasteiger partial charge in [0.25, 0.3) is 0 Å². The van der Waals surface area contributed by atoms with E-state index >= 15 is 0 Å². The first-order valence-corrected chi connectivity index (χ1v) is 6.58. The molecule has 1 aromatic rings. The summed E-state index contributed by atoms with van der Waals surface area (Å²) in [6, 6.07) is 0. The van der Waals surface area contributed by atoms with Gasteiger partial charge < -0.3 is 10.1 Å². The molecule has 0 unspecified atom stereocenters. The van der Waals surface area contributed by atoms with Crippen molar-refractivity contribution in [1.29, 1.82) is 0 Å². The molecule has 0 atom stereocenters. The molecule has 0 aromatic carbocycles. The summed E-state index contributed by atoms with van der Waals surface area (Å²) in [7, 11) is 1.76. The average molecular weight is 242 g/mol. The van der Waals surface area contributed by atoms with Crippen LogP contribution in [-0.4, -0.2) is 24.2 Å². The van der Waals surface area contributed by atoms with E-state index in [4.69, 9.17) is 4.74 Å². The third-order valence-corrected chi connectivity index (χ3v) is 3.82. The molecule has 0 aliphatic carbocycles. The number of hydrogen-bond donors (Lipinski definition) is 1. The highest BCUT2D eigenvalue weighted by molar-refractivity contribution is 7.11. The maximum absolute atomic E-state index is 5.36. The van der Waals surface area contributed by atoms with Crippen molar-refractivity contribution in [1.82, 2.24) is 10.3 Å². The Morgan fingerprint density at radius 3 is 2.81 bits per heavy atom. The number of methoxy groups -OCH3 is 1. The van der Waals surface area contributed by atoms with E-state index in [1.54, 1.807) is 18.4 Å². The van der Waals surface area contributed by atoms with Crippen LogP contribution in [-0.2, 0) is 17.7 Å². The third kappa shape index (κ3) is 4.60. The molecular weight excluding hydrogens is 220 g/mol. The van der Waals surface area contributed by atoms with Gasteiger partial charge >= 0.3 is 0 Å². The highest BCUT2D eigenvalue weighted by Gasteiger charge is 2.15. The van der Waals surface area contributed by atoms with Gasteiger partial charge in [0.1, 0.15) is 5.01 Å².